The van der Waals surface area contributed by atoms with Crippen molar-refractivity contribution in [3.05, 3.63) is 54.2 Å². The van der Waals surface area contributed by atoms with Gasteiger partial charge in [0.25, 0.3) is 0 Å². The molecule has 24 heavy (non-hydrogen) atoms. The molecule has 6 heteroatoms. The number of nitrogens with one attached hydrogen (secondary N) is 3. The third-order valence-corrected chi connectivity index (χ3v) is 4.44. The Labute approximate surface area is 140 Å². The Bertz CT molecular complexity index is 637. The van der Waals surface area contributed by atoms with Gasteiger partial charge in [0.1, 0.15) is 5.82 Å². The van der Waals surface area contributed by atoms with Gasteiger partial charge in [-0.3, -0.25) is 0 Å². The predicted octanol–water partition coefficient (Wildman–Crippen LogP) is 2.35. The molecule has 0 radical (unpaired) electrons. The second-order valence-electron chi connectivity index (χ2n) is 6.13. The number of quaternary nitrogens is 1. The zero-order chi connectivity index (χ0) is 16.8. The van der Waals surface area contributed by atoms with Gasteiger partial charge >= 0.3 is 6.03 Å². The highest BCUT2D eigenvalue weighted by Gasteiger charge is 2.28. The number of likely N-dealkylation sites (tertiary alicyclic amines) is 1. The average Bonchev–Trinajstić information content (AvgIpc) is 3.12. The number of urea groups is 1. The first-order chi connectivity index (χ1) is 11.7. The van der Waals surface area contributed by atoms with Crippen LogP contribution in [0.4, 0.5) is 14.9 Å². The van der Waals surface area contributed by atoms with E-state index in [4.69, 9.17) is 4.42 Å². The van der Waals surface area contributed by atoms with E-state index in [1.807, 2.05) is 12.1 Å². The van der Waals surface area contributed by atoms with Crippen molar-refractivity contribution < 1.29 is 18.5 Å². The molecule has 0 aliphatic carbocycles. The Hall–Kier alpha value is -2.34. The molecule has 3 rings (SSSR count). The third-order valence-electron chi connectivity index (χ3n) is 4.44. The summed E-state index contributed by atoms with van der Waals surface area (Å²) in [5.41, 5.74) is 0.564. The van der Waals surface area contributed by atoms with Gasteiger partial charge in [-0.15, -0.1) is 0 Å². The summed E-state index contributed by atoms with van der Waals surface area (Å²) < 4.78 is 18.5. The maximum absolute atomic E-state index is 12.9. The maximum atomic E-state index is 12.9. The lowest BCUT2D eigenvalue weighted by atomic mass is 10.1. The molecule has 1 aliphatic heterocycles. The molecular weight excluding hydrogens is 309 g/mol. The number of anilines is 1. The molecule has 1 aromatic heterocycles. The molecule has 5 nitrogen and oxygen atoms in total. The van der Waals surface area contributed by atoms with Crippen LogP contribution in [0.2, 0.25) is 0 Å². The van der Waals surface area contributed by atoms with E-state index in [0.717, 1.165) is 18.8 Å². The first-order valence-corrected chi connectivity index (χ1v) is 8.41. The van der Waals surface area contributed by atoms with Crippen LogP contribution in [-0.4, -0.2) is 25.7 Å². The molecule has 2 heterocycles. The fourth-order valence-electron chi connectivity index (χ4n) is 3.19. The lowest BCUT2D eigenvalue weighted by molar-refractivity contribution is -0.936. The molecule has 2 aromatic rings. The number of hydrogen-bond acceptors (Lipinski definition) is 2. The number of carbonyl (C=O) groups excluding carboxylic acids is 1. The van der Waals surface area contributed by atoms with E-state index in [2.05, 4.69) is 10.6 Å². The molecule has 2 amide bonds. The molecule has 1 aromatic carbocycles. The van der Waals surface area contributed by atoms with Crippen molar-refractivity contribution in [2.75, 3.05) is 25.0 Å². The van der Waals surface area contributed by atoms with Crippen molar-refractivity contribution >= 4 is 11.7 Å². The van der Waals surface area contributed by atoms with Gasteiger partial charge < -0.3 is 20.0 Å². The number of piperidine rings is 1. The molecule has 0 unspecified atom stereocenters. The normalized spacial score (nSPS) is 16.5. The van der Waals surface area contributed by atoms with E-state index in [0.29, 0.717) is 12.2 Å². The number of furan rings is 1. The molecule has 3 N–H and O–H groups in total. The van der Waals surface area contributed by atoms with Gasteiger partial charge in [-0.2, -0.15) is 0 Å². The molecular formula is C18H23FN3O2+. The van der Waals surface area contributed by atoms with Crippen LogP contribution in [0.25, 0.3) is 0 Å². The Morgan fingerprint density at radius 3 is 2.58 bits per heavy atom. The highest BCUT2D eigenvalue weighted by molar-refractivity contribution is 5.89. The summed E-state index contributed by atoms with van der Waals surface area (Å²) in [6, 6.07) is 9.37. The summed E-state index contributed by atoms with van der Waals surface area (Å²) in [6.07, 6.45) is 5.35. The first-order valence-electron chi connectivity index (χ1n) is 8.41. The quantitative estimate of drug-likeness (QED) is 0.787. The van der Waals surface area contributed by atoms with Gasteiger partial charge in [0.05, 0.1) is 25.9 Å². The van der Waals surface area contributed by atoms with Gasteiger partial charge in [0.15, 0.2) is 11.8 Å². The van der Waals surface area contributed by atoms with Crippen molar-refractivity contribution in [1.82, 2.24) is 5.32 Å². The van der Waals surface area contributed by atoms with Crippen molar-refractivity contribution in [2.24, 2.45) is 0 Å². The maximum Gasteiger partial charge on any atom is 0.319 e. The number of benzene rings is 1. The number of amides is 2. The lowest BCUT2D eigenvalue weighted by Crippen LogP contribution is -3.13. The van der Waals surface area contributed by atoms with E-state index < -0.39 is 0 Å². The first kappa shape index (κ1) is 16.5. The minimum Gasteiger partial charge on any atom is -0.463 e. The summed E-state index contributed by atoms with van der Waals surface area (Å²) in [7, 11) is 0. The van der Waals surface area contributed by atoms with Crippen LogP contribution in [0.1, 0.15) is 31.1 Å². The highest BCUT2D eigenvalue weighted by Crippen LogP contribution is 2.12. The van der Waals surface area contributed by atoms with Crippen LogP contribution in [0, 0.1) is 5.82 Å². The fraction of sp³-hybridized carbons (Fsp3) is 0.389. The molecule has 128 valence electrons. The minimum absolute atomic E-state index is 0.110. The summed E-state index contributed by atoms with van der Waals surface area (Å²) in [5.74, 6) is 0.571. The molecule has 1 atom stereocenters. The minimum atomic E-state index is -0.326. The van der Waals surface area contributed by atoms with E-state index in [1.54, 1.807) is 6.26 Å². The molecule has 1 saturated heterocycles. The van der Waals surface area contributed by atoms with Crippen LogP contribution in [0.5, 0.6) is 0 Å². The van der Waals surface area contributed by atoms with E-state index in [9.17, 15) is 9.18 Å². The van der Waals surface area contributed by atoms with Gasteiger partial charge in [-0.1, -0.05) is 0 Å². The van der Waals surface area contributed by atoms with Gasteiger partial charge in [0.2, 0.25) is 0 Å². The second kappa shape index (κ2) is 7.97. The zero-order valence-electron chi connectivity index (χ0n) is 13.6. The van der Waals surface area contributed by atoms with Crippen LogP contribution in [-0.2, 0) is 0 Å². The van der Waals surface area contributed by atoms with E-state index in [1.165, 1.54) is 48.4 Å². The van der Waals surface area contributed by atoms with Crippen LogP contribution in [0.3, 0.4) is 0 Å². The highest BCUT2D eigenvalue weighted by atomic mass is 19.1. The monoisotopic (exact) mass is 332 g/mol. The van der Waals surface area contributed by atoms with E-state index in [-0.39, 0.29) is 17.9 Å². The lowest BCUT2D eigenvalue weighted by Gasteiger charge is -2.30. The second-order valence-corrected chi connectivity index (χ2v) is 6.13. The zero-order valence-corrected chi connectivity index (χ0v) is 13.6. The number of rotatable bonds is 5. The van der Waals surface area contributed by atoms with Crippen LogP contribution < -0.4 is 15.5 Å². The van der Waals surface area contributed by atoms with Gasteiger partial charge in [0, 0.05) is 5.69 Å². The standard InChI is InChI=1S/C18H22FN3O2/c19-14-6-8-15(9-7-14)21-18(23)20-13-16(17-5-4-12-24-17)22-10-2-1-3-11-22/h4-9,12,16H,1-3,10-11,13H2,(H2,20,21,23)/p+1/t16-/m0/s1. The van der Waals surface area contributed by atoms with Crippen molar-refractivity contribution in [2.45, 2.75) is 25.3 Å². The summed E-state index contributed by atoms with van der Waals surface area (Å²) in [6.45, 7) is 2.68. The Morgan fingerprint density at radius 2 is 1.92 bits per heavy atom. The molecule has 1 aliphatic rings. The average molecular weight is 332 g/mol. The Kier molecular flexibility index (Phi) is 5.48. The third kappa shape index (κ3) is 4.35. The fourth-order valence-corrected chi connectivity index (χ4v) is 3.19. The van der Waals surface area contributed by atoms with Crippen LogP contribution >= 0.6 is 0 Å². The smallest absolute Gasteiger partial charge is 0.319 e. The molecule has 0 bridgehead atoms. The van der Waals surface area contributed by atoms with Crippen molar-refractivity contribution in [1.29, 1.82) is 0 Å². The van der Waals surface area contributed by atoms with Crippen LogP contribution in [0.15, 0.2) is 47.1 Å². The Morgan fingerprint density at radius 1 is 1.17 bits per heavy atom. The number of carbonyl (C=O) groups is 1. The Balaban J connectivity index is 1.58. The topological polar surface area (TPSA) is 58.7 Å². The summed E-state index contributed by atoms with van der Waals surface area (Å²) in [5, 5.41) is 5.62. The van der Waals surface area contributed by atoms with Crippen molar-refractivity contribution in [3.63, 3.8) is 0 Å². The number of halogens is 1. The molecule has 0 spiro atoms. The predicted molar refractivity (Wildman–Crippen MR) is 89.4 cm³/mol. The molecule has 1 fully saturated rings. The molecule has 0 saturated carbocycles. The largest absolute Gasteiger partial charge is 0.463 e. The van der Waals surface area contributed by atoms with Gasteiger partial charge in [-0.25, -0.2) is 9.18 Å². The summed E-state index contributed by atoms with van der Waals surface area (Å²) in [4.78, 5) is 13.5. The SMILES string of the molecule is O=C(NC[C@@H](c1ccco1)[NH+]1CCCCC1)Nc1ccc(F)cc1. The van der Waals surface area contributed by atoms with Crippen molar-refractivity contribution in [3.8, 4) is 0 Å². The number of hydrogen-bond donors (Lipinski definition) is 3. The summed E-state index contributed by atoms with van der Waals surface area (Å²) >= 11 is 0. The van der Waals surface area contributed by atoms with Gasteiger partial charge in [-0.05, 0) is 55.7 Å². The van der Waals surface area contributed by atoms with E-state index >= 15 is 0 Å².